The van der Waals surface area contributed by atoms with Gasteiger partial charge in [0.05, 0.1) is 15.9 Å². The summed E-state index contributed by atoms with van der Waals surface area (Å²) in [5.74, 6) is -2.19. The summed E-state index contributed by atoms with van der Waals surface area (Å²) in [6, 6.07) is 1.43. The SMILES string of the molecule is O=C(O)/C=C/c1cc([N+](=O)[O-])cc([N+](=O)[O-])c1O. The summed E-state index contributed by atoms with van der Waals surface area (Å²) in [5, 5.41) is 39.0. The Bertz CT molecular complexity index is 564. The fourth-order valence-corrected chi connectivity index (χ4v) is 1.16. The zero-order chi connectivity index (χ0) is 13.9. The Balaban J connectivity index is 3.45. The number of phenols is 1. The van der Waals surface area contributed by atoms with Gasteiger partial charge in [0.15, 0.2) is 0 Å². The number of benzene rings is 1. The minimum absolute atomic E-state index is 0.321. The number of aliphatic carboxylic acids is 1. The summed E-state index contributed by atoms with van der Waals surface area (Å²) in [5.41, 5.74) is -1.81. The number of non-ortho nitro benzene ring substituents is 1. The zero-order valence-electron chi connectivity index (χ0n) is 8.64. The number of hydrogen-bond acceptors (Lipinski definition) is 6. The summed E-state index contributed by atoms with van der Waals surface area (Å²) in [6.07, 6.45) is 1.43. The van der Waals surface area contributed by atoms with E-state index in [9.17, 15) is 30.1 Å². The molecule has 2 N–H and O–H groups in total. The molecule has 0 atom stereocenters. The lowest BCUT2D eigenvalue weighted by Gasteiger charge is -2.00. The number of aromatic hydroxyl groups is 1. The molecule has 0 unspecified atom stereocenters. The molecule has 1 aromatic carbocycles. The molecule has 0 amide bonds. The first-order valence-electron chi connectivity index (χ1n) is 4.39. The highest BCUT2D eigenvalue weighted by Crippen LogP contribution is 2.34. The first-order valence-corrected chi connectivity index (χ1v) is 4.39. The maximum Gasteiger partial charge on any atom is 0.328 e. The van der Waals surface area contributed by atoms with Gasteiger partial charge in [-0.3, -0.25) is 20.2 Å². The van der Waals surface area contributed by atoms with Crippen LogP contribution in [0.4, 0.5) is 11.4 Å². The van der Waals surface area contributed by atoms with Crippen LogP contribution in [-0.4, -0.2) is 26.0 Å². The minimum Gasteiger partial charge on any atom is -0.502 e. The Labute approximate surface area is 98.9 Å². The molecule has 0 fully saturated rings. The Morgan fingerprint density at radius 1 is 1.22 bits per heavy atom. The molecule has 0 spiro atoms. The van der Waals surface area contributed by atoms with Crippen LogP contribution in [-0.2, 0) is 4.79 Å². The lowest BCUT2D eigenvalue weighted by Crippen LogP contribution is -1.95. The molecular formula is C9H6N2O7. The van der Waals surface area contributed by atoms with Gasteiger partial charge in [-0.15, -0.1) is 0 Å². The molecule has 0 aliphatic rings. The molecule has 0 bridgehead atoms. The predicted molar refractivity (Wildman–Crippen MR) is 58.1 cm³/mol. The quantitative estimate of drug-likeness (QED) is 0.468. The third kappa shape index (κ3) is 2.78. The van der Waals surface area contributed by atoms with E-state index in [0.717, 1.165) is 12.1 Å². The first-order chi connectivity index (χ1) is 8.32. The molecule has 1 aromatic rings. The van der Waals surface area contributed by atoms with E-state index >= 15 is 0 Å². The van der Waals surface area contributed by atoms with Crippen molar-refractivity contribution in [2.45, 2.75) is 0 Å². The number of carboxylic acid groups (broad SMARTS) is 1. The molecule has 1 rings (SSSR count). The van der Waals surface area contributed by atoms with E-state index in [1.807, 2.05) is 0 Å². The number of hydrogen-bond donors (Lipinski definition) is 2. The van der Waals surface area contributed by atoms with Gasteiger partial charge in [0.25, 0.3) is 5.69 Å². The van der Waals surface area contributed by atoms with Gasteiger partial charge in [0, 0.05) is 17.7 Å². The van der Waals surface area contributed by atoms with Crippen LogP contribution >= 0.6 is 0 Å². The van der Waals surface area contributed by atoms with Crippen LogP contribution in [0.3, 0.4) is 0 Å². The van der Waals surface area contributed by atoms with Crippen LogP contribution < -0.4 is 0 Å². The fraction of sp³-hybridized carbons (Fsp3) is 0. The minimum atomic E-state index is -1.36. The van der Waals surface area contributed by atoms with Crippen LogP contribution in [0.25, 0.3) is 6.08 Å². The molecule has 94 valence electrons. The van der Waals surface area contributed by atoms with Crippen molar-refractivity contribution >= 4 is 23.4 Å². The van der Waals surface area contributed by atoms with Crippen molar-refractivity contribution in [2.24, 2.45) is 0 Å². The molecule has 0 radical (unpaired) electrons. The molecule has 0 saturated carbocycles. The largest absolute Gasteiger partial charge is 0.502 e. The third-order valence-electron chi connectivity index (χ3n) is 1.92. The van der Waals surface area contributed by atoms with E-state index in [-0.39, 0.29) is 5.56 Å². The summed E-state index contributed by atoms with van der Waals surface area (Å²) in [4.78, 5) is 29.5. The van der Waals surface area contributed by atoms with E-state index in [1.54, 1.807) is 0 Å². The van der Waals surface area contributed by atoms with Crippen molar-refractivity contribution in [2.75, 3.05) is 0 Å². The summed E-state index contributed by atoms with van der Waals surface area (Å²) in [6.45, 7) is 0. The molecule has 0 aliphatic heterocycles. The highest BCUT2D eigenvalue weighted by atomic mass is 16.6. The maximum absolute atomic E-state index is 10.6. The second-order valence-electron chi connectivity index (χ2n) is 3.09. The van der Waals surface area contributed by atoms with E-state index in [2.05, 4.69) is 0 Å². The van der Waals surface area contributed by atoms with Crippen molar-refractivity contribution in [1.82, 2.24) is 0 Å². The molecule has 18 heavy (non-hydrogen) atoms. The highest BCUT2D eigenvalue weighted by molar-refractivity contribution is 5.86. The van der Waals surface area contributed by atoms with Gasteiger partial charge in [-0.05, 0) is 6.08 Å². The third-order valence-corrected chi connectivity index (χ3v) is 1.92. The van der Waals surface area contributed by atoms with E-state index < -0.39 is 32.9 Å². The number of carboxylic acids is 1. The van der Waals surface area contributed by atoms with Crippen molar-refractivity contribution in [3.8, 4) is 5.75 Å². The highest BCUT2D eigenvalue weighted by Gasteiger charge is 2.22. The number of rotatable bonds is 4. The van der Waals surface area contributed by atoms with Crippen molar-refractivity contribution < 1.29 is 24.9 Å². The second kappa shape index (κ2) is 4.91. The molecule has 9 nitrogen and oxygen atoms in total. The van der Waals surface area contributed by atoms with Gasteiger partial charge < -0.3 is 10.2 Å². The van der Waals surface area contributed by atoms with Crippen LogP contribution in [0.2, 0.25) is 0 Å². The molecule has 0 aromatic heterocycles. The van der Waals surface area contributed by atoms with Gasteiger partial charge >= 0.3 is 11.7 Å². The fourth-order valence-electron chi connectivity index (χ4n) is 1.16. The van der Waals surface area contributed by atoms with Gasteiger partial charge in [-0.25, -0.2) is 4.79 Å². The number of carbonyl (C=O) groups is 1. The first kappa shape index (κ1) is 13.1. The van der Waals surface area contributed by atoms with E-state index in [1.165, 1.54) is 0 Å². The monoisotopic (exact) mass is 254 g/mol. The Kier molecular flexibility index (Phi) is 3.57. The normalized spacial score (nSPS) is 10.4. The molecule has 9 heteroatoms. The smallest absolute Gasteiger partial charge is 0.328 e. The van der Waals surface area contributed by atoms with Gasteiger partial charge in [-0.2, -0.15) is 0 Å². The summed E-state index contributed by atoms with van der Waals surface area (Å²) >= 11 is 0. The van der Waals surface area contributed by atoms with Crippen molar-refractivity contribution in [1.29, 1.82) is 0 Å². The van der Waals surface area contributed by atoms with Gasteiger partial charge in [0.2, 0.25) is 5.75 Å². The second-order valence-corrected chi connectivity index (χ2v) is 3.09. The molecule has 0 heterocycles. The van der Waals surface area contributed by atoms with Crippen LogP contribution in [0.15, 0.2) is 18.2 Å². The lowest BCUT2D eigenvalue weighted by atomic mass is 10.1. The van der Waals surface area contributed by atoms with E-state index in [0.29, 0.717) is 12.1 Å². The Hall–Kier alpha value is -2.97. The van der Waals surface area contributed by atoms with Crippen LogP contribution in [0.5, 0.6) is 5.75 Å². The molecule has 0 aliphatic carbocycles. The predicted octanol–water partition coefficient (Wildman–Crippen LogP) is 1.31. The number of nitro benzene ring substituents is 2. The van der Waals surface area contributed by atoms with Gasteiger partial charge in [0.1, 0.15) is 0 Å². The maximum atomic E-state index is 10.6. The topological polar surface area (TPSA) is 144 Å². The Morgan fingerprint density at radius 3 is 2.28 bits per heavy atom. The van der Waals surface area contributed by atoms with Crippen molar-refractivity contribution in [3.05, 3.63) is 44.0 Å². The number of nitrogens with zero attached hydrogens (tertiary/aromatic N) is 2. The Morgan fingerprint density at radius 2 is 1.83 bits per heavy atom. The zero-order valence-corrected chi connectivity index (χ0v) is 8.64. The average Bonchev–Trinajstić information content (AvgIpc) is 2.26. The van der Waals surface area contributed by atoms with Crippen molar-refractivity contribution in [3.63, 3.8) is 0 Å². The number of phenolic OH excluding ortho intramolecular Hbond substituents is 1. The average molecular weight is 254 g/mol. The molecular weight excluding hydrogens is 248 g/mol. The number of nitro groups is 2. The molecule has 0 saturated heterocycles. The van der Waals surface area contributed by atoms with Crippen LogP contribution in [0.1, 0.15) is 5.56 Å². The summed E-state index contributed by atoms with van der Waals surface area (Å²) < 4.78 is 0. The summed E-state index contributed by atoms with van der Waals surface area (Å²) in [7, 11) is 0. The van der Waals surface area contributed by atoms with Crippen LogP contribution in [0, 0.1) is 20.2 Å². The van der Waals surface area contributed by atoms with E-state index in [4.69, 9.17) is 5.11 Å². The lowest BCUT2D eigenvalue weighted by molar-refractivity contribution is -0.394. The van der Waals surface area contributed by atoms with Gasteiger partial charge in [-0.1, -0.05) is 0 Å². The standard InChI is InChI=1S/C9H6N2O7/c12-8(13)2-1-5-3-6(10(15)16)4-7(9(5)14)11(17)18/h1-4,14H,(H,12,13)/b2-1+.